The van der Waals surface area contributed by atoms with Crippen LogP contribution in [-0.2, 0) is 21.7 Å². The van der Waals surface area contributed by atoms with E-state index in [9.17, 15) is 0 Å². The minimum atomic E-state index is 0. The van der Waals surface area contributed by atoms with E-state index in [2.05, 4.69) is 13.8 Å². The average molecular weight is 181 g/mol. The number of rotatable bonds is 4. The minimum Gasteiger partial charge on any atom is -0.870 e. The third kappa shape index (κ3) is 23.4. The van der Waals surface area contributed by atoms with Crippen molar-refractivity contribution in [1.82, 2.24) is 0 Å². The van der Waals surface area contributed by atoms with E-state index in [-0.39, 0.29) is 32.7 Å². The second-order valence-corrected chi connectivity index (χ2v) is 1.91. The Labute approximate surface area is 78.9 Å². The van der Waals surface area contributed by atoms with Crippen LogP contribution in [0.3, 0.4) is 0 Å². The first-order chi connectivity index (χ1) is 3.41. The molecule has 0 amide bonds. The number of hydrogen-bond acceptors (Lipinski definition) is 2. The van der Waals surface area contributed by atoms with Crippen LogP contribution in [0.2, 0.25) is 0 Å². The fourth-order valence-corrected chi connectivity index (χ4v) is 0.604. The third-order valence-electron chi connectivity index (χ3n) is 1.10. The standard InChI is InChI=1S/C7H15.2H2O.Ti/c1-3-5-7-6-4-2;;;/h1,3-7H2,2H3;2*1H2;/q-1;;;+3/p-2. The second-order valence-electron chi connectivity index (χ2n) is 1.91. The van der Waals surface area contributed by atoms with Crippen molar-refractivity contribution in [1.29, 1.82) is 0 Å². The van der Waals surface area contributed by atoms with E-state index >= 15 is 0 Å². The zero-order chi connectivity index (χ0) is 5.54. The summed E-state index contributed by atoms with van der Waals surface area (Å²) in [6.45, 7) is 5.98. The van der Waals surface area contributed by atoms with Crippen LogP contribution < -0.4 is 0 Å². The Bertz CT molecular complexity index is 30.8. The predicted molar refractivity (Wildman–Crippen MR) is 38.0 cm³/mol. The van der Waals surface area contributed by atoms with Crippen molar-refractivity contribution in [3.05, 3.63) is 6.92 Å². The summed E-state index contributed by atoms with van der Waals surface area (Å²) in [6.07, 6.45) is 6.52. The Morgan fingerprint density at radius 1 is 1.00 bits per heavy atom. The fourth-order valence-electron chi connectivity index (χ4n) is 0.604. The van der Waals surface area contributed by atoms with Gasteiger partial charge in [0.15, 0.2) is 0 Å². The topological polar surface area (TPSA) is 60.0 Å². The zero-order valence-electron chi connectivity index (χ0n) is 6.64. The quantitative estimate of drug-likeness (QED) is 0.379. The molecular weight excluding hydrogens is 164 g/mol. The summed E-state index contributed by atoms with van der Waals surface area (Å²) < 4.78 is 0. The molecule has 61 valence electrons. The van der Waals surface area contributed by atoms with Crippen molar-refractivity contribution in [2.75, 3.05) is 0 Å². The van der Waals surface area contributed by atoms with Crippen molar-refractivity contribution in [3.63, 3.8) is 0 Å². The summed E-state index contributed by atoms with van der Waals surface area (Å²) in [5.74, 6) is 0. The van der Waals surface area contributed by atoms with Crippen molar-refractivity contribution in [2.45, 2.75) is 39.0 Å². The third-order valence-corrected chi connectivity index (χ3v) is 1.10. The van der Waals surface area contributed by atoms with Gasteiger partial charge >= 0.3 is 21.7 Å². The van der Waals surface area contributed by atoms with Gasteiger partial charge in [0.05, 0.1) is 0 Å². The molecule has 0 rings (SSSR count). The molecule has 0 aromatic carbocycles. The molecule has 0 aliphatic rings. The van der Waals surface area contributed by atoms with Crippen molar-refractivity contribution in [2.24, 2.45) is 0 Å². The number of hydrogen-bond donors (Lipinski definition) is 0. The van der Waals surface area contributed by atoms with E-state index in [1.54, 1.807) is 0 Å². The molecule has 3 heteroatoms. The maximum absolute atomic E-state index is 3.76. The van der Waals surface area contributed by atoms with Crippen molar-refractivity contribution >= 4 is 0 Å². The van der Waals surface area contributed by atoms with Crippen LogP contribution in [0.15, 0.2) is 0 Å². The van der Waals surface area contributed by atoms with Gasteiger partial charge in [-0.1, -0.05) is 32.6 Å². The van der Waals surface area contributed by atoms with E-state index < -0.39 is 0 Å². The molecule has 0 spiro atoms. The first-order valence-corrected chi connectivity index (χ1v) is 3.21. The molecule has 0 heterocycles. The van der Waals surface area contributed by atoms with Gasteiger partial charge in [0.2, 0.25) is 0 Å². The first-order valence-electron chi connectivity index (χ1n) is 3.21. The molecule has 0 aliphatic carbocycles. The van der Waals surface area contributed by atoms with E-state index in [0.717, 1.165) is 6.42 Å². The molecule has 2 nitrogen and oxygen atoms in total. The van der Waals surface area contributed by atoms with Crippen LogP contribution in [0.1, 0.15) is 39.0 Å². The summed E-state index contributed by atoms with van der Waals surface area (Å²) in [6, 6.07) is 0. The van der Waals surface area contributed by atoms with Gasteiger partial charge in [0.1, 0.15) is 0 Å². The molecule has 0 saturated carbocycles. The summed E-state index contributed by atoms with van der Waals surface area (Å²) in [5, 5.41) is 0. The van der Waals surface area contributed by atoms with E-state index in [0.29, 0.717) is 0 Å². The minimum absolute atomic E-state index is 0. The summed E-state index contributed by atoms with van der Waals surface area (Å²) in [7, 11) is 0. The molecule has 2 N–H and O–H groups in total. The smallest absolute Gasteiger partial charge is 0.870 e. The van der Waals surface area contributed by atoms with Gasteiger partial charge in [-0.15, -0.1) is 0 Å². The molecule has 0 aliphatic heterocycles. The Hall–Kier alpha value is 0.634. The molecular formula is C7H17O2Ti. The fraction of sp³-hybridized carbons (Fsp3) is 0.857. The zero-order valence-corrected chi connectivity index (χ0v) is 8.20. The molecule has 0 fully saturated rings. The van der Waals surface area contributed by atoms with Crippen LogP contribution in [0, 0.1) is 6.92 Å². The monoisotopic (exact) mass is 181 g/mol. The van der Waals surface area contributed by atoms with Gasteiger partial charge in [-0.05, 0) is 0 Å². The summed E-state index contributed by atoms with van der Waals surface area (Å²) in [5.41, 5.74) is 0. The van der Waals surface area contributed by atoms with Gasteiger partial charge in [-0.3, -0.25) is 0 Å². The van der Waals surface area contributed by atoms with E-state index in [4.69, 9.17) is 0 Å². The van der Waals surface area contributed by atoms with Gasteiger partial charge in [0, 0.05) is 0 Å². The van der Waals surface area contributed by atoms with Gasteiger partial charge < -0.3 is 17.9 Å². The van der Waals surface area contributed by atoms with Crippen LogP contribution in [-0.4, -0.2) is 11.0 Å². The van der Waals surface area contributed by atoms with Crippen molar-refractivity contribution < 1.29 is 32.7 Å². The van der Waals surface area contributed by atoms with Gasteiger partial charge in [-0.25, -0.2) is 0 Å². The SMILES string of the molecule is [CH2-]CCCCCC.[OH-].[OH-].[Ti+3]. The Morgan fingerprint density at radius 3 is 1.80 bits per heavy atom. The van der Waals surface area contributed by atoms with Crippen LogP contribution in [0.4, 0.5) is 0 Å². The van der Waals surface area contributed by atoms with Crippen molar-refractivity contribution in [3.8, 4) is 0 Å². The normalized spacial score (nSPS) is 6.60. The summed E-state index contributed by atoms with van der Waals surface area (Å²) >= 11 is 0. The van der Waals surface area contributed by atoms with E-state index in [1.165, 1.54) is 25.7 Å². The average Bonchev–Trinajstić information content (AvgIpc) is 1.69. The van der Waals surface area contributed by atoms with E-state index in [1.807, 2.05) is 0 Å². The molecule has 0 bridgehead atoms. The molecule has 0 saturated heterocycles. The molecule has 1 radical (unpaired) electrons. The maximum atomic E-state index is 3.76. The Kier molecular flexibility index (Phi) is 50.7. The Balaban J connectivity index is -0.0000000600. The van der Waals surface area contributed by atoms with Crippen LogP contribution in [0.25, 0.3) is 0 Å². The predicted octanol–water partition coefficient (Wildman–Crippen LogP) is 2.43. The first kappa shape index (κ1) is 22.4. The molecule has 10 heavy (non-hydrogen) atoms. The molecule has 0 aromatic heterocycles. The largest absolute Gasteiger partial charge is 3.00 e. The van der Waals surface area contributed by atoms with Crippen LogP contribution in [0.5, 0.6) is 0 Å². The Morgan fingerprint density at radius 2 is 1.50 bits per heavy atom. The number of unbranched alkanes of at least 4 members (excludes halogenated alkanes) is 4. The maximum Gasteiger partial charge on any atom is 3.00 e. The van der Waals surface area contributed by atoms with Gasteiger partial charge in [-0.2, -0.15) is 6.42 Å². The second kappa shape index (κ2) is 22.6. The van der Waals surface area contributed by atoms with Gasteiger partial charge in [0.25, 0.3) is 0 Å². The molecule has 0 aromatic rings. The summed E-state index contributed by atoms with van der Waals surface area (Å²) in [4.78, 5) is 0. The molecule has 0 unspecified atom stereocenters. The molecule has 0 atom stereocenters. The van der Waals surface area contributed by atoms with Crippen LogP contribution >= 0.6 is 0 Å².